The number of rotatable bonds is 14. The second-order valence-electron chi connectivity index (χ2n) is 16.2. The molecule has 0 spiro atoms. The van der Waals surface area contributed by atoms with Crippen LogP contribution in [0.2, 0.25) is 10.0 Å². The van der Waals surface area contributed by atoms with Gasteiger partial charge in [0.05, 0.1) is 27.3 Å². The molecule has 15 heteroatoms. The van der Waals surface area contributed by atoms with Gasteiger partial charge in [-0.15, -0.1) is 0 Å². The average Bonchev–Trinajstić information content (AvgIpc) is 3.86. The zero-order valence-corrected chi connectivity index (χ0v) is 38.0. The van der Waals surface area contributed by atoms with Crippen LogP contribution in [0, 0.1) is 0 Å². The second-order valence-corrected chi connectivity index (χ2v) is 17.0. The number of aryl methyl sites for hydroxylation is 6. The SMILES string of the molecule is C1CCOC1.O=C(/C=C/c1ccc(Cl)c(C(F)(F)F)c1)CCCCc1ccc2c(n1)CCCC2.OC(/C=C/c1ccc(Cl)c(C(F)(F)F)c1)CCCCc1ccc2c(n1)CCCC2.[AlH3].[H-].[Li+]. The number of benzene rings is 2. The molecule has 4 aromatic rings. The van der Waals surface area contributed by atoms with E-state index < -0.39 is 29.6 Å². The number of pyridine rings is 2. The molecule has 1 atom stereocenters. The molecule has 0 amide bonds. The molecule has 1 saturated heterocycles. The number of allylic oxidation sites excluding steroid dienone is 1. The molecular formula is C50H60AlCl2F6LiN2O3. The normalized spacial score (nSPS) is 15.1. The summed E-state index contributed by atoms with van der Waals surface area (Å²) in [6, 6.07) is 15.9. The minimum absolute atomic E-state index is 0. The van der Waals surface area contributed by atoms with Crippen molar-refractivity contribution in [3.8, 4) is 0 Å². The van der Waals surface area contributed by atoms with Crippen molar-refractivity contribution in [1.29, 1.82) is 0 Å². The molecule has 1 unspecified atom stereocenters. The summed E-state index contributed by atoms with van der Waals surface area (Å²) in [6.07, 6.45) is 13.8. The molecule has 2 aromatic carbocycles. The van der Waals surface area contributed by atoms with E-state index in [0.717, 1.165) is 101 Å². The van der Waals surface area contributed by atoms with Crippen molar-refractivity contribution in [2.75, 3.05) is 13.2 Å². The zero-order chi connectivity index (χ0) is 45.2. The summed E-state index contributed by atoms with van der Waals surface area (Å²) in [5, 5.41) is 9.42. The van der Waals surface area contributed by atoms with Crippen molar-refractivity contribution in [2.45, 2.75) is 134 Å². The molecule has 5 nitrogen and oxygen atoms in total. The maximum absolute atomic E-state index is 12.9. The fraction of sp³-hybridized carbons (Fsp3) is 0.460. The third-order valence-electron chi connectivity index (χ3n) is 11.2. The van der Waals surface area contributed by atoms with E-state index in [1.807, 2.05) is 0 Å². The summed E-state index contributed by atoms with van der Waals surface area (Å²) in [7, 11) is 0. The number of ether oxygens (including phenoxy) is 1. The van der Waals surface area contributed by atoms with Crippen LogP contribution >= 0.6 is 23.2 Å². The van der Waals surface area contributed by atoms with E-state index in [0.29, 0.717) is 24.0 Å². The fourth-order valence-corrected chi connectivity index (χ4v) is 8.08. The molecule has 7 rings (SSSR count). The van der Waals surface area contributed by atoms with E-state index in [1.165, 1.54) is 110 Å². The molecule has 0 saturated carbocycles. The Hall–Kier alpha value is -2.90. The van der Waals surface area contributed by atoms with Gasteiger partial charge in [-0.3, -0.25) is 14.8 Å². The minimum atomic E-state index is -4.52. The molecule has 2 aromatic heterocycles. The largest absolute Gasteiger partial charge is 1.00 e. The van der Waals surface area contributed by atoms with Gasteiger partial charge < -0.3 is 11.3 Å². The Morgan fingerprint density at radius 2 is 1.15 bits per heavy atom. The molecule has 348 valence electrons. The van der Waals surface area contributed by atoms with Crippen molar-refractivity contribution < 1.29 is 61.3 Å². The number of unbranched alkanes of at least 4 members (excludes halogenated alkanes) is 2. The molecule has 1 aliphatic heterocycles. The van der Waals surface area contributed by atoms with E-state index >= 15 is 0 Å². The van der Waals surface area contributed by atoms with Gasteiger partial charge in [-0.25, -0.2) is 0 Å². The predicted molar refractivity (Wildman–Crippen MR) is 250 cm³/mol. The van der Waals surface area contributed by atoms with Crippen LogP contribution < -0.4 is 18.9 Å². The molecule has 1 N–H and O–H groups in total. The number of halogens is 8. The molecule has 65 heavy (non-hydrogen) atoms. The molecular weight excluding hydrogens is 895 g/mol. The van der Waals surface area contributed by atoms with Gasteiger partial charge in [-0.05, 0) is 167 Å². The number of hydrogen-bond donors (Lipinski definition) is 1. The van der Waals surface area contributed by atoms with Crippen molar-refractivity contribution >= 4 is 58.5 Å². The summed E-state index contributed by atoms with van der Waals surface area (Å²) in [6.45, 7) is 2.00. The van der Waals surface area contributed by atoms with Crippen LogP contribution in [0.5, 0.6) is 0 Å². The Kier molecular flexibility index (Phi) is 24.7. The third-order valence-corrected chi connectivity index (χ3v) is 11.8. The smallest absolute Gasteiger partial charge is 1.00 e. The minimum Gasteiger partial charge on any atom is -1.00 e. The Morgan fingerprint density at radius 1 is 0.677 bits per heavy atom. The number of aliphatic hydroxyl groups excluding tert-OH is 1. The first kappa shape index (κ1) is 56.4. The van der Waals surface area contributed by atoms with E-state index in [1.54, 1.807) is 0 Å². The van der Waals surface area contributed by atoms with Crippen LogP contribution in [0.15, 0.2) is 72.8 Å². The van der Waals surface area contributed by atoms with Crippen molar-refractivity contribution in [1.82, 2.24) is 9.97 Å². The van der Waals surface area contributed by atoms with Crippen LogP contribution in [0.4, 0.5) is 26.3 Å². The number of carbonyl (C=O) groups excluding carboxylic acids is 1. The topological polar surface area (TPSA) is 72.3 Å². The molecule has 0 radical (unpaired) electrons. The average molecular weight is 956 g/mol. The van der Waals surface area contributed by atoms with Crippen LogP contribution in [0.25, 0.3) is 12.2 Å². The molecule has 0 bridgehead atoms. The predicted octanol–water partition coefficient (Wildman–Crippen LogP) is 9.78. The summed E-state index contributed by atoms with van der Waals surface area (Å²) >= 11 is 11.2. The van der Waals surface area contributed by atoms with Gasteiger partial charge >= 0.3 is 31.2 Å². The van der Waals surface area contributed by atoms with Crippen molar-refractivity contribution in [3.63, 3.8) is 0 Å². The number of ketones is 1. The maximum atomic E-state index is 12.9. The van der Waals surface area contributed by atoms with Crippen LogP contribution in [-0.4, -0.2) is 57.5 Å². The van der Waals surface area contributed by atoms with Gasteiger partial charge in [0.1, 0.15) is 0 Å². The number of aromatic nitrogens is 2. The maximum Gasteiger partial charge on any atom is 1.00 e. The van der Waals surface area contributed by atoms with Crippen LogP contribution in [0.3, 0.4) is 0 Å². The van der Waals surface area contributed by atoms with Gasteiger partial charge in [0.25, 0.3) is 0 Å². The van der Waals surface area contributed by atoms with Gasteiger partial charge in [-0.2, -0.15) is 26.3 Å². The second kappa shape index (κ2) is 28.4. The zero-order valence-electron chi connectivity index (χ0n) is 37.5. The number of alkyl halides is 6. The Balaban J connectivity index is 0.000000393. The van der Waals surface area contributed by atoms with E-state index in [2.05, 4.69) is 24.3 Å². The molecule has 3 aliphatic rings. The summed E-state index contributed by atoms with van der Waals surface area (Å²) in [5.41, 5.74) is 6.23. The van der Waals surface area contributed by atoms with Gasteiger partial charge in [-0.1, -0.05) is 72.1 Å². The summed E-state index contributed by atoms with van der Waals surface area (Å²) < 4.78 is 82.3. The van der Waals surface area contributed by atoms with Gasteiger partial charge in [0.15, 0.2) is 23.1 Å². The molecule has 1 fully saturated rings. The third kappa shape index (κ3) is 19.7. The van der Waals surface area contributed by atoms with E-state index in [4.69, 9.17) is 37.9 Å². The monoisotopic (exact) mass is 954 g/mol. The first-order valence-electron chi connectivity index (χ1n) is 22.0. The quantitative estimate of drug-likeness (QED) is 0.0591. The number of carbonyl (C=O) groups is 1. The first-order chi connectivity index (χ1) is 30.2. The van der Waals surface area contributed by atoms with Crippen molar-refractivity contribution in [3.05, 3.63) is 139 Å². The number of aliphatic hydroxyl groups is 1. The standard InChI is InChI=1S/C23H25ClF3NO.C23H23ClF3NO.C4H8O.Al.Li.4H/c2*24-21-14-10-16(15-20(21)23(25,26)27)9-13-19(29)7-3-2-6-18-12-11-17-5-1-4-8-22(17)28-18;1-2-4-5-3-1;;;;;;/h9-15,19,29H,1-8H2;9-15H,1-8H2;1-4H2;;;;;;/q;;;;+1;;;;-1/b2*13-9+;;;;;;;. The fourth-order valence-electron chi connectivity index (χ4n) is 7.63. The van der Waals surface area contributed by atoms with Crippen molar-refractivity contribution in [2.24, 2.45) is 0 Å². The number of fused-ring (bicyclic) bond motifs is 2. The summed E-state index contributed by atoms with van der Waals surface area (Å²) in [4.78, 5) is 21.5. The Morgan fingerprint density at radius 3 is 1.63 bits per heavy atom. The molecule has 2 aliphatic carbocycles. The van der Waals surface area contributed by atoms with Gasteiger partial charge in [0, 0.05) is 42.4 Å². The molecule has 3 heterocycles. The summed E-state index contributed by atoms with van der Waals surface area (Å²) in [5.74, 6) is -0.105. The number of nitrogens with zero attached hydrogens (tertiary/aromatic N) is 2. The van der Waals surface area contributed by atoms with Crippen LogP contribution in [-0.2, 0) is 60.4 Å². The van der Waals surface area contributed by atoms with E-state index in [9.17, 15) is 36.2 Å². The van der Waals surface area contributed by atoms with Crippen LogP contribution in [0.1, 0.15) is 135 Å². The van der Waals surface area contributed by atoms with Gasteiger partial charge in [0.2, 0.25) is 0 Å². The first-order valence-corrected chi connectivity index (χ1v) is 22.7. The Labute approximate surface area is 413 Å². The van der Waals surface area contributed by atoms with E-state index in [-0.39, 0.29) is 53.5 Å². The Bertz CT molecular complexity index is 2160. The number of hydrogen-bond acceptors (Lipinski definition) is 5.